The predicted octanol–water partition coefficient (Wildman–Crippen LogP) is 0.262. The lowest BCUT2D eigenvalue weighted by molar-refractivity contribution is -0.122. The molecule has 0 aromatic heterocycles. The van der Waals surface area contributed by atoms with Gasteiger partial charge in [0.05, 0.1) is 0 Å². The molecule has 0 saturated carbocycles. The summed E-state index contributed by atoms with van der Waals surface area (Å²) in [5, 5.41) is 2.53. The molecule has 0 radical (unpaired) electrons. The number of amides is 2. The molecule has 0 aliphatic rings. The third-order valence-corrected chi connectivity index (χ3v) is 2.19. The molecule has 16 heavy (non-hydrogen) atoms. The molecule has 0 atom stereocenters. The monoisotopic (exact) mass is 221 g/mol. The van der Waals surface area contributed by atoms with Crippen LogP contribution in [0.1, 0.15) is 24.2 Å². The summed E-state index contributed by atoms with van der Waals surface area (Å²) in [6.07, 6.45) is 0. The number of primary amides is 1. The summed E-state index contributed by atoms with van der Waals surface area (Å²) in [6.45, 7) is 3.08. The highest BCUT2D eigenvalue weighted by Crippen LogP contribution is 2.08. The van der Waals surface area contributed by atoms with Crippen molar-refractivity contribution in [3.05, 3.63) is 29.8 Å². The standard InChI is InChI=1S/C11H15N3O2/c1-11(2,10(13)16)14-9(15)7-4-3-5-8(12)6-7/h3-6H,12H2,1-2H3,(H2,13,16)(H,14,15). The van der Waals surface area contributed by atoms with Crippen LogP contribution in [0.25, 0.3) is 0 Å². The molecule has 0 unspecified atom stereocenters. The van der Waals surface area contributed by atoms with E-state index in [4.69, 9.17) is 11.5 Å². The minimum atomic E-state index is -1.08. The molecule has 0 aliphatic heterocycles. The summed E-state index contributed by atoms with van der Waals surface area (Å²) in [5.41, 5.74) is 10.5. The predicted molar refractivity (Wildman–Crippen MR) is 61.6 cm³/mol. The van der Waals surface area contributed by atoms with Crippen molar-refractivity contribution < 1.29 is 9.59 Å². The van der Waals surface area contributed by atoms with Crippen molar-refractivity contribution in [1.82, 2.24) is 5.32 Å². The Morgan fingerprint density at radius 2 is 1.94 bits per heavy atom. The van der Waals surface area contributed by atoms with Crippen LogP contribution in [0.2, 0.25) is 0 Å². The van der Waals surface area contributed by atoms with Gasteiger partial charge in [-0.15, -0.1) is 0 Å². The average Bonchev–Trinajstić information content (AvgIpc) is 2.16. The van der Waals surface area contributed by atoms with Crippen LogP contribution >= 0.6 is 0 Å². The molecule has 1 aromatic carbocycles. The molecule has 0 bridgehead atoms. The topological polar surface area (TPSA) is 98.2 Å². The molecule has 5 heteroatoms. The van der Waals surface area contributed by atoms with Gasteiger partial charge in [-0.3, -0.25) is 9.59 Å². The van der Waals surface area contributed by atoms with E-state index in [1.807, 2.05) is 0 Å². The molecular weight excluding hydrogens is 206 g/mol. The zero-order valence-corrected chi connectivity index (χ0v) is 9.28. The van der Waals surface area contributed by atoms with Gasteiger partial charge in [-0.25, -0.2) is 0 Å². The Kier molecular flexibility index (Phi) is 3.17. The van der Waals surface area contributed by atoms with Crippen LogP contribution in [-0.2, 0) is 4.79 Å². The number of hydrogen-bond donors (Lipinski definition) is 3. The highest BCUT2D eigenvalue weighted by atomic mass is 16.2. The fourth-order valence-electron chi connectivity index (χ4n) is 1.10. The van der Waals surface area contributed by atoms with Crippen LogP contribution in [0.3, 0.4) is 0 Å². The molecule has 86 valence electrons. The molecular formula is C11H15N3O2. The molecule has 0 spiro atoms. The Hall–Kier alpha value is -2.04. The van der Waals surface area contributed by atoms with Gasteiger partial charge in [0, 0.05) is 11.3 Å². The zero-order chi connectivity index (χ0) is 12.3. The van der Waals surface area contributed by atoms with Crippen molar-refractivity contribution in [1.29, 1.82) is 0 Å². The van der Waals surface area contributed by atoms with Crippen molar-refractivity contribution in [3.63, 3.8) is 0 Å². The van der Waals surface area contributed by atoms with Crippen LogP contribution < -0.4 is 16.8 Å². The normalized spacial score (nSPS) is 10.9. The summed E-state index contributed by atoms with van der Waals surface area (Å²) in [5.74, 6) is -0.971. The van der Waals surface area contributed by atoms with E-state index in [0.717, 1.165) is 0 Å². The summed E-state index contributed by atoms with van der Waals surface area (Å²) in [7, 11) is 0. The van der Waals surface area contributed by atoms with Gasteiger partial charge in [0.1, 0.15) is 5.54 Å². The van der Waals surface area contributed by atoms with E-state index in [0.29, 0.717) is 11.3 Å². The van der Waals surface area contributed by atoms with Gasteiger partial charge in [0.25, 0.3) is 5.91 Å². The van der Waals surface area contributed by atoms with Crippen LogP contribution in [0.15, 0.2) is 24.3 Å². The van der Waals surface area contributed by atoms with Gasteiger partial charge in [-0.05, 0) is 32.0 Å². The summed E-state index contributed by atoms with van der Waals surface area (Å²) in [6, 6.07) is 6.49. The van der Waals surface area contributed by atoms with Crippen LogP contribution in [0, 0.1) is 0 Å². The first-order chi connectivity index (χ1) is 7.33. The number of benzene rings is 1. The summed E-state index contributed by atoms with van der Waals surface area (Å²) in [4.78, 5) is 22.8. The van der Waals surface area contributed by atoms with E-state index in [9.17, 15) is 9.59 Å². The Morgan fingerprint density at radius 3 is 2.44 bits per heavy atom. The molecule has 2 amide bonds. The maximum atomic E-state index is 11.7. The maximum Gasteiger partial charge on any atom is 0.252 e. The minimum Gasteiger partial charge on any atom is -0.399 e. The SMILES string of the molecule is CC(C)(NC(=O)c1cccc(N)c1)C(N)=O. The molecule has 0 fully saturated rings. The molecule has 0 saturated heterocycles. The lowest BCUT2D eigenvalue weighted by atomic mass is 10.0. The minimum absolute atomic E-state index is 0.379. The van der Waals surface area contributed by atoms with Crippen molar-refractivity contribution in [2.75, 3.05) is 5.73 Å². The van der Waals surface area contributed by atoms with Crippen molar-refractivity contribution in [3.8, 4) is 0 Å². The number of rotatable bonds is 3. The second-order valence-corrected chi connectivity index (χ2v) is 4.07. The lowest BCUT2D eigenvalue weighted by Crippen LogP contribution is -2.53. The van der Waals surface area contributed by atoms with E-state index in [1.165, 1.54) is 6.07 Å². The highest BCUT2D eigenvalue weighted by molar-refractivity contribution is 5.99. The third-order valence-electron chi connectivity index (χ3n) is 2.19. The second kappa shape index (κ2) is 4.22. The number of carbonyl (C=O) groups is 2. The first-order valence-corrected chi connectivity index (χ1v) is 4.81. The van der Waals surface area contributed by atoms with Gasteiger partial charge < -0.3 is 16.8 Å². The Labute approximate surface area is 93.8 Å². The highest BCUT2D eigenvalue weighted by Gasteiger charge is 2.27. The fourth-order valence-corrected chi connectivity index (χ4v) is 1.10. The van der Waals surface area contributed by atoms with E-state index in [1.54, 1.807) is 32.0 Å². The first kappa shape index (κ1) is 12.0. The van der Waals surface area contributed by atoms with Gasteiger partial charge in [0.15, 0.2) is 0 Å². The Morgan fingerprint density at radius 1 is 1.31 bits per heavy atom. The van der Waals surface area contributed by atoms with Crippen molar-refractivity contribution >= 4 is 17.5 Å². The van der Waals surface area contributed by atoms with Crippen LogP contribution in [-0.4, -0.2) is 17.4 Å². The summed E-state index contributed by atoms with van der Waals surface area (Å²) < 4.78 is 0. The molecule has 5 nitrogen and oxygen atoms in total. The molecule has 1 rings (SSSR count). The van der Waals surface area contributed by atoms with Crippen molar-refractivity contribution in [2.45, 2.75) is 19.4 Å². The van der Waals surface area contributed by atoms with E-state index >= 15 is 0 Å². The van der Waals surface area contributed by atoms with Gasteiger partial charge in [-0.2, -0.15) is 0 Å². The molecule has 0 aliphatic carbocycles. The number of nitrogen functional groups attached to an aromatic ring is 1. The molecule has 1 aromatic rings. The number of hydrogen-bond acceptors (Lipinski definition) is 3. The van der Waals surface area contributed by atoms with Crippen molar-refractivity contribution in [2.24, 2.45) is 5.73 Å². The number of anilines is 1. The number of nitrogens with two attached hydrogens (primary N) is 2. The number of nitrogens with one attached hydrogen (secondary N) is 1. The zero-order valence-electron chi connectivity index (χ0n) is 9.28. The van der Waals surface area contributed by atoms with Gasteiger partial charge in [0.2, 0.25) is 5.91 Å². The molecule has 5 N–H and O–H groups in total. The van der Waals surface area contributed by atoms with E-state index in [-0.39, 0.29) is 5.91 Å². The quantitative estimate of drug-likeness (QED) is 0.638. The Balaban J connectivity index is 2.85. The molecule has 0 heterocycles. The Bertz CT molecular complexity index is 427. The van der Waals surface area contributed by atoms with Crippen LogP contribution in [0.5, 0.6) is 0 Å². The van der Waals surface area contributed by atoms with Gasteiger partial charge in [-0.1, -0.05) is 6.07 Å². The van der Waals surface area contributed by atoms with E-state index in [2.05, 4.69) is 5.32 Å². The average molecular weight is 221 g/mol. The second-order valence-electron chi connectivity index (χ2n) is 4.07. The number of carbonyl (C=O) groups excluding carboxylic acids is 2. The largest absolute Gasteiger partial charge is 0.399 e. The summed E-state index contributed by atoms with van der Waals surface area (Å²) >= 11 is 0. The first-order valence-electron chi connectivity index (χ1n) is 4.81. The fraction of sp³-hybridized carbons (Fsp3) is 0.273. The third kappa shape index (κ3) is 2.73. The van der Waals surface area contributed by atoms with Gasteiger partial charge >= 0.3 is 0 Å². The maximum absolute atomic E-state index is 11.7. The lowest BCUT2D eigenvalue weighted by Gasteiger charge is -2.22. The van der Waals surface area contributed by atoms with Crippen LogP contribution in [0.4, 0.5) is 5.69 Å². The van der Waals surface area contributed by atoms with E-state index < -0.39 is 11.4 Å². The smallest absolute Gasteiger partial charge is 0.252 e.